The highest BCUT2D eigenvalue weighted by Crippen LogP contribution is 2.31. The molecule has 158 valence electrons. The van der Waals surface area contributed by atoms with Crippen molar-refractivity contribution < 1.29 is 23.4 Å². The number of aromatic amines is 1. The third kappa shape index (κ3) is 5.21. The van der Waals surface area contributed by atoms with Crippen LogP contribution in [-0.4, -0.2) is 28.4 Å². The van der Waals surface area contributed by atoms with Crippen molar-refractivity contribution in [3.63, 3.8) is 0 Å². The standard InChI is InChI=1S/C22H20N4O5/c1-28-19-4-2-3-15(7-19)11-31-22(27)26-20-6-5-16(17-9-24-25-10-17)8-21(20)30-13-18-12-29-14-23-18/h2-10,12,14H,11,13H2,1H3,(H,24,25)(H,26,27). The predicted octanol–water partition coefficient (Wildman–Crippen LogP) is 4.40. The fourth-order valence-electron chi connectivity index (χ4n) is 2.85. The van der Waals surface area contributed by atoms with Crippen molar-refractivity contribution >= 4 is 11.8 Å². The molecule has 9 heteroatoms. The summed E-state index contributed by atoms with van der Waals surface area (Å²) >= 11 is 0. The maximum atomic E-state index is 12.4. The van der Waals surface area contributed by atoms with E-state index in [0.717, 1.165) is 16.7 Å². The number of hydrogen-bond acceptors (Lipinski definition) is 7. The van der Waals surface area contributed by atoms with Crippen LogP contribution in [0.4, 0.5) is 10.5 Å². The third-order valence-electron chi connectivity index (χ3n) is 4.41. The molecule has 0 unspecified atom stereocenters. The Morgan fingerprint density at radius 3 is 2.87 bits per heavy atom. The highest BCUT2D eigenvalue weighted by atomic mass is 16.5. The molecule has 0 aliphatic carbocycles. The molecule has 2 aromatic carbocycles. The van der Waals surface area contributed by atoms with E-state index in [1.54, 1.807) is 31.6 Å². The van der Waals surface area contributed by atoms with Gasteiger partial charge in [0, 0.05) is 11.8 Å². The second-order valence-electron chi connectivity index (χ2n) is 6.52. The first-order valence-electron chi connectivity index (χ1n) is 9.41. The number of methoxy groups -OCH3 is 1. The Bertz CT molecular complexity index is 1130. The number of hydrogen-bond donors (Lipinski definition) is 2. The maximum Gasteiger partial charge on any atom is 0.412 e. The molecule has 0 aliphatic rings. The number of amides is 1. The number of carbonyl (C=O) groups excluding carboxylic acids is 1. The van der Waals surface area contributed by atoms with Crippen molar-refractivity contribution in [3.05, 3.63) is 78.8 Å². The Morgan fingerprint density at radius 2 is 2.10 bits per heavy atom. The van der Waals surface area contributed by atoms with Crippen LogP contribution in [0.2, 0.25) is 0 Å². The molecule has 4 aromatic rings. The van der Waals surface area contributed by atoms with E-state index in [0.29, 0.717) is 22.9 Å². The molecule has 0 radical (unpaired) electrons. The first-order chi connectivity index (χ1) is 15.2. The van der Waals surface area contributed by atoms with Crippen molar-refractivity contribution in [1.82, 2.24) is 15.2 Å². The van der Waals surface area contributed by atoms with E-state index in [1.807, 2.05) is 30.3 Å². The number of benzene rings is 2. The quantitative estimate of drug-likeness (QED) is 0.434. The second-order valence-corrected chi connectivity index (χ2v) is 6.52. The fraction of sp³-hybridized carbons (Fsp3) is 0.136. The largest absolute Gasteiger partial charge is 0.497 e. The highest BCUT2D eigenvalue weighted by Gasteiger charge is 2.13. The Kier molecular flexibility index (Phi) is 6.13. The summed E-state index contributed by atoms with van der Waals surface area (Å²) in [6.45, 7) is 0.282. The van der Waals surface area contributed by atoms with Gasteiger partial charge < -0.3 is 18.6 Å². The number of anilines is 1. The lowest BCUT2D eigenvalue weighted by Gasteiger charge is -2.14. The molecule has 1 amide bonds. The molecule has 4 rings (SSSR count). The SMILES string of the molecule is COc1cccc(COC(=O)Nc2ccc(-c3cn[nH]c3)cc2OCc2cocn2)c1. The van der Waals surface area contributed by atoms with Gasteiger partial charge >= 0.3 is 6.09 Å². The van der Waals surface area contributed by atoms with Crippen LogP contribution in [0.25, 0.3) is 11.1 Å². The molecule has 0 atom stereocenters. The molecule has 0 fully saturated rings. The molecule has 0 aliphatic heterocycles. The Labute approximate surface area is 178 Å². The zero-order chi connectivity index (χ0) is 21.5. The van der Waals surface area contributed by atoms with Gasteiger partial charge in [0.2, 0.25) is 0 Å². The number of rotatable bonds is 8. The van der Waals surface area contributed by atoms with Crippen LogP contribution in [-0.2, 0) is 18.0 Å². The van der Waals surface area contributed by atoms with Gasteiger partial charge in [-0.15, -0.1) is 0 Å². The molecule has 0 saturated carbocycles. The number of nitrogens with one attached hydrogen (secondary N) is 2. The van der Waals surface area contributed by atoms with E-state index in [-0.39, 0.29) is 13.2 Å². The van der Waals surface area contributed by atoms with Crippen LogP contribution in [0.15, 0.2) is 71.9 Å². The zero-order valence-corrected chi connectivity index (χ0v) is 16.7. The summed E-state index contributed by atoms with van der Waals surface area (Å²) in [4.78, 5) is 16.4. The Balaban J connectivity index is 1.46. The first kappa shape index (κ1) is 20.0. The van der Waals surface area contributed by atoms with Gasteiger partial charge in [-0.05, 0) is 35.4 Å². The highest BCUT2D eigenvalue weighted by molar-refractivity contribution is 5.87. The molecule has 0 saturated heterocycles. The maximum absolute atomic E-state index is 12.4. The molecule has 9 nitrogen and oxygen atoms in total. The Morgan fingerprint density at radius 1 is 1.16 bits per heavy atom. The number of H-pyrrole nitrogens is 1. The van der Waals surface area contributed by atoms with Crippen molar-refractivity contribution in [2.45, 2.75) is 13.2 Å². The predicted molar refractivity (Wildman–Crippen MR) is 112 cm³/mol. The minimum absolute atomic E-state index is 0.102. The topological polar surface area (TPSA) is 112 Å². The Hall–Kier alpha value is -4.27. The summed E-state index contributed by atoms with van der Waals surface area (Å²) in [6.07, 6.45) is 5.69. The first-order valence-corrected chi connectivity index (χ1v) is 9.41. The minimum Gasteiger partial charge on any atom is -0.497 e. The summed E-state index contributed by atoms with van der Waals surface area (Å²) in [5, 5.41) is 9.47. The summed E-state index contributed by atoms with van der Waals surface area (Å²) in [6, 6.07) is 12.7. The second kappa shape index (κ2) is 9.49. The molecular weight excluding hydrogens is 400 g/mol. The smallest absolute Gasteiger partial charge is 0.412 e. The summed E-state index contributed by atoms with van der Waals surface area (Å²) in [7, 11) is 1.58. The van der Waals surface area contributed by atoms with Gasteiger partial charge in [-0.3, -0.25) is 10.4 Å². The van der Waals surface area contributed by atoms with E-state index in [1.165, 1.54) is 12.7 Å². The third-order valence-corrected chi connectivity index (χ3v) is 4.41. The number of nitrogens with zero attached hydrogens (tertiary/aromatic N) is 2. The summed E-state index contributed by atoms with van der Waals surface area (Å²) < 4.78 is 21.4. The van der Waals surface area contributed by atoms with Crippen molar-refractivity contribution in [2.75, 3.05) is 12.4 Å². The number of ether oxygens (including phenoxy) is 3. The van der Waals surface area contributed by atoms with Gasteiger partial charge in [0.05, 0.1) is 19.0 Å². The van der Waals surface area contributed by atoms with Gasteiger partial charge in [-0.2, -0.15) is 5.10 Å². The molecular formula is C22H20N4O5. The van der Waals surface area contributed by atoms with E-state index in [4.69, 9.17) is 18.6 Å². The van der Waals surface area contributed by atoms with Crippen LogP contribution in [0.3, 0.4) is 0 Å². The monoisotopic (exact) mass is 420 g/mol. The average molecular weight is 420 g/mol. The van der Waals surface area contributed by atoms with E-state index in [9.17, 15) is 4.79 Å². The van der Waals surface area contributed by atoms with Crippen molar-refractivity contribution in [1.29, 1.82) is 0 Å². The van der Waals surface area contributed by atoms with E-state index < -0.39 is 6.09 Å². The van der Waals surface area contributed by atoms with Crippen LogP contribution < -0.4 is 14.8 Å². The van der Waals surface area contributed by atoms with Gasteiger partial charge in [0.25, 0.3) is 0 Å². The molecule has 2 aromatic heterocycles. The van der Waals surface area contributed by atoms with Gasteiger partial charge in [-0.25, -0.2) is 9.78 Å². The summed E-state index contributed by atoms with van der Waals surface area (Å²) in [5.41, 5.74) is 3.66. The van der Waals surface area contributed by atoms with Crippen LogP contribution in [0, 0.1) is 0 Å². The van der Waals surface area contributed by atoms with Crippen LogP contribution >= 0.6 is 0 Å². The zero-order valence-electron chi connectivity index (χ0n) is 16.7. The van der Waals surface area contributed by atoms with E-state index >= 15 is 0 Å². The van der Waals surface area contributed by atoms with Gasteiger partial charge in [-0.1, -0.05) is 18.2 Å². The van der Waals surface area contributed by atoms with Crippen molar-refractivity contribution in [2.24, 2.45) is 0 Å². The van der Waals surface area contributed by atoms with Crippen molar-refractivity contribution in [3.8, 4) is 22.6 Å². The number of carbonyl (C=O) groups is 1. The fourth-order valence-corrected chi connectivity index (χ4v) is 2.85. The lowest BCUT2D eigenvalue weighted by atomic mass is 10.1. The van der Waals surface area contributed by atoms with E-state index in [2.05, 4.69) is 20.5 Å². The normalized spacial score (nSPS) is 10.5. The van der Waals surface area contributed by atoms with Crippen LogP contribution in [0.5, 0.6) is 11.5 Å². The minimum atomic E-state index is -0.606. The van der Waals surface area contributed by atoms with Gasteiger partial charge in [0.1, 0.15) is 36.7 Å². The van der Waals surface area contributed by atoms with Crippen LogP contribution in [0.1, 0.15) is 11.3 Å². The molecule has 0 spiro atoms. The average Bonchev–Trinajstić information content (AvgIpc) is 3.51. The molecule has 0 bridgehead atoms. The lowest BCUT2D eigenvalue weighted by molar-refractivity contribution is 0.155. The number of oxazole rings is 1. The summed E-state index contributed by atoms with van der Waals surface area (Å²) in [5.74, 6) is 1.15. The number of aromatic nitrogens is 3. The lowest BCUT2D eigenvalue weighted by Crippen LogP contribution is -2.14. The molecule has 31 heavy (non-hydrogen) atoms. The van der Waals surface area contributed by atoms with Gasteiger partial charge in [0.15, 0.2) is 6.39 Å². The molecule has 2 N–H and O–H groups in total. The molecule has 2 heterocycles.